The molecule has 0 N–H and O–H groups in total. The number of anilines is 2. The average Bonchev–Trinajstić information content (AvgIpc) is 3.28. The lowest BCUT2D eigenvalue weighted by Crippen LogP contribution is -2.48. The first kappa shape index (κ1) is 20.2. The summed E-state index contributed by atoms with van der Waals surface area (Å²) < 4.78 is 2.01. The van der Waals surface area contributed by atoms with Crippen LogP contribution in [0, 0.1) is 13.8 Å². The lowest BCUT2D eigenvalue weighted by Gasteiger charge is -2.39. The lowest BCUT2D eigenvalue weighted by molar-refractivity contribution is 0.614. The number of hydrogen-bond donors (Lipinski definition) is 0. The van der Waals surface area contributed by atoms with Crippen LogP contribution in [-0.4, -0.2) is 45.8 Å². The molecule has 1 fully saturated rings. The Labute approximate surface area is 194 Å². The summed E-state index contributed by atoms with van der Waals surface area (Å²) >= 11 is 0. The SMILES string of the molecule is Cc1ccc(C)c(N2CCN(c3c4c(nc5nc(-c6ccccc6)nn35)CCCC4)CC2)c1. The molecule has 2 aliphatic rings. The van der Waals surface area contributed by atoms with Crippen molar-refractivity contribution in [2.75, 3.05) is 36.0 Å². The molecular weight excluding hydrogens is 408 g/mol. The van der Waals surface area contributed by atoms with Crippen molar-refractivity contribution in [2.24, 2.45) is 0 Å². The van der Waals surface area contributed by atoms with E-state index >= 15 is 0 Å². The van der Waals surface area contributed by atoms with E-state index in [1.807, 2.05) is 22.7 Å². The number of piperazine rings is 1. The molecule has 6 heteroatoms. The van der Waals surface area contributed by atoms with Crippen LogP contribution in [-0.2, 0) is 12.8 Å². The van der Waals surface area contributed by atoms with Gasteiger partial charge in [-0.25, -0.2) is 4.98 Å². The number of benzene rings is 2. The minimum absolute atomic E-state index is 0.724. The fourth-order valence-electron chi connectivity index (χ4n) is 5.27. The van der Waals surface area contributed by atoms with E-state index < -0.39 is 0 Å². The van der Waals surface area contributed by atoms with Crippen LogP contribution in [0.2, 0.25) is 0 Å². The molecule has 6 rings (SSSR count). The summed E-state index contributed by atoms with van der Waals surface area (Å²) in [5, 5.41) is 4.96. The molecule has 0 bridgehead atoms. The van der Waals surface area contributed by atoms with Gasteiger partial charge in [0.1, 0.15) is 5.82 Å². The molecule has 6 nitrogen and oxygen atoms in total. The molecule has 2 aromatic carbocycles. The molecule has 1 aliphatic carbocycles. The van der Waals surface area contributed by atoms with Crippen molar-refractivity contribution in [3.05, 3.63) is 70.9 Å². The highest BCUT2D eigenvalue weighted by molar-refractivity contribution is 5.62. The third-order valence-electron chi connectivity index (χ3n) is 7.05. The Morgan fingerprint density at radius 3 is 2.36 bits per heavy atom. The Kier molecular flexibility index (Phi) is 5.01. The van der Waals surface area contributed by atoms with Crippen LogP contribution in [0.15, 0.2) is 48.5 Å². The van der Waals surface area contributed by atoms with Crippen molar-refractivity contribution < 1.29 is 0 Å². The molecule has 168 valence electrons. The van der Waals surface area contributed by atoms with Crippen molar-refractivity contribution in [3.63, 3.8) is 0 Å². The molecule has 0 atom stereocenters. The zero-order valence-corrected chi connectivity index (χ0v) is 19.5. The Morgan fingerprint density at radius 2 is 1.55 bits per heavy atom. The molecule has 2 aromatic heterocycles. The summed E-state index contributed by atoms with van der Waals surface area (Å²) in [6.07, 6.45) is 4.53. The minimum Gasteiger partial charge on any atom is -0.368 e. The van der Waals surface area contributed by atoms with Gasteiger partial charge in [-0.1, -0.05) is 42.5 Å². The van der Waals surface area contributed by atoms with Gasteiger partial charge in [-0.2, -0.15) is 9.50 Å². The maximum absolute atomic E-state index is 4.96. The van der Waals surface area contributed by atoms with Crippen LogP contribution in [0.1, 0.15) is 35.2 Å². The van der Waals surface area contributed by atoms with Crippen LogP contribution in [0.4, 0.5) is 11.5 Å². The summed E-state index contributed by atoms with van der Waals surface area (Å²) in [5.74, 6) is 2.69. The van der Waals surface area contributed by atoms with Gasteiger partial charge in [-0.3, -0.25) is 0 Å². The van der Waals surface area contributed by atoms with Crippen molar-refractivity contribution in [1.82, 2.24) is 19.6 Å². The average molecular weight is 439 g/mol. The molecule has 0 spiro atoms. The minimum atomic E-state index is 0.724. The number of hydrogen-bond acceptors (Lipinski definition) is 5. The molecule has 4 aromatic rings. The summed E-state index contributed by atoms with van der Waals surface area (Å²) in [6, 6.07) is 17.0. The highest BCUT2D eigenvalue weighted by Crippen LogP contribution is 2.32. The van der Waals surface area contributed by atoms with E-state index in [-0.39, 0.29) is 0 Å². The fourth-order valence-corrected chi connectivity index (χ4v) is 5.27. The lowest BCUT2D eigenvalue weighted by atomic mass is 9.96. The highest BCUT2D eigenvalue weighted by atomic mass is 15.4. The van der Waals surface area contributed by atoms with Crippen molar-refractivity contribution in [3.8, 4) is 11.4 Å². The maximum atomic E-state index is 4.96. The zero-order valence-electron chi connectivity index (χ0n) is 19.5. The number of aryl methyl sites for hydroxylation is 3. The normalized spacial score (nSPS) is 16.3. The number of fused-ring (bicyclic) bond motifs is 2. The first-order valence-corrected chi connectivity index (χ1v) is 12.1. The summed E-state index contributed by atoms with van der Waals surface area (Å²) in [6.45, 7) is 8.34. The van der Waals surface area contributed by atoms with Gasteiger partial charge in [0.25, 0.3) is 5.78 Å². The van der Waals surface area contributed by atoms with E-state index in [2.05, 4.69) is 54.0 Å². The van der Waals surface area contributed by atoms with Crippen LogP contribution < -0.4 is 9.80 Å². The monoisotopic (exact) mass is 438 g/mol. The molecule has 3 heterocycles. The van der Waals surface area contributed by atoms with Gasteiger partial charge in [0.2, 0.25) is 0 Å². The third-order valence-corrected chi connectivity index (χ3v) is 7.05. The van der Waals surface area contributed by atoms with Gasteiger partial charge in [0, 0.05) is 43.0 Å². The Hall–Kier alpha value is -3.41. The van der Waals surface area contributed by atoms with Gasteiger partial charge < -0.3 is 9.80 Å². The standard InChI is InChI=1S/C27H30N6/c1-19-12-13-20(2)24(18-19)31-14-16-32(17-15-31)26-22-10-6-7-11-23(22)28-27-29-25(30-33(26)27)21-8-4-3-5-9-21/h3-5,8-9,12-13,18H,6-7,10-11,14-17H2,1-2H3. The van der Waals surface area contributed by atoms with Crippen molar-refractivity contribution in [1.29, 1.82) is 0 Å². The molecule has 0 unspecified atom stereocenters. The summed E-state index contributed by atoms with van der Waals surface area (Å²) in [7, 11) is 0. The predicted molar refractivity (Wildman–Crippen MR) is 133 cm³/mol. The Bertz CT molecular complexity index is 1300. The molecule has 0 amide bonds. The maximum Gasteiger partial charge on any atom is 0.254 e. The summed E-state index contributed by atoms with van der Waals surface area (Å²) in [4.78, 5) is 14.8. The van der Waals surface area contributed by atoms with E-state index in [1.165, 1.54) is 46.7 Å². The first-order chi connectivity index (χ1) is 16.2. The third kappa shape index (κ3) is 3.63. The smallest absolute Gasteiger partial charge is 0.254 e. The van der Waals surface area contributed by atoms with Gasteiger partial charge in [-0.05, 0) is 56.7 Å². The van der Waals surface area contributed by atoms with Gasteiger partial charge in [-0.15, -0.1) is 5.10 Å². The van der Waals surface area contributed by atoms with E-state index in [0.717, 1.165) is 56.2 Å². The predicted octanol–water partition coefficient (Wildman–Crippen LogP) is 4.61. The van der Waals surface area contributed by atoms with Crippen LogP contribution in [0.3, 0.4) is 0 Å². The van der Waals surface area contributed by atoms with Gasteiger partial charge >= 0.3 is 0 Å². The second kappa shape index (κ2) is 8.18. The molecular formula is C27H30N6. The molecule has 1 aliphatic heterocycles. The largest absolute Gasteiger partial charge is 0.368 e. The van der Waals surface area contributed by atoms with Gasteiger partial charge in [0.05, 0.1) is 5.69 Å². The first-order valence-electron chi connectivity index (χ1n) is 12.1. The fraction of sp³-hybridized carbons (Fsp3) is 0.370. The number of rotatable bonds is 3. The molecule has 1 saturated heterocycles. The van der Waals surface area contributed by atoms with Crippen LogP contribution >= 0.6 is 0 Å². The van der Waals surface area contributed by atoms with Crippen molar-refractivity contribution >= 4 is 17.3 Å². The molecule has 0 radical (unpaired) electrons. The van der Waals surface area contributed by atoms with E-state index in [0.29, 0.717) is 0 Å². The quantitative estimate of drug-likeness (QED) is 0.467. The number of aromatic nitrogens is 4. The van der Waals surface area contributed by atoms with E-state index in [4.69, 9.17) is 15.1 Å². The Morgan fingerprint density at radius 1 is 0.788 bits per heavy atom. The molecule has 33 heavy (non-hydrogen) atoms. The molecule has 0 saturated carbocycles. The van der Waals surface area contributed by atoms with Crippen molar-refractivity contribution in [2.45, 2.75) is 39.5 Å². The van der Waals surface area contributed by atoms with E-state index in [1.54, 1.807) is 0 Å². The highest BCUT2D eigenvalue weighted by Gasteiger charge is 2.27. The van der Waals surface area contributed by atoms with Gasteiger partial charge in [0.15, 0.2) is 5.82 Å². The van der Waals surface area contributed by atoms with Crippen LogP contribution in [0.5, 0.6) is 0 Å². The zero-order chi connectivity index (χ0) is 22.4. The van der Waals surface area contributed by atoms with Crippen LogP contribution in [0.25, 0.3) is 17.2 Å². The summed E-state index contributed by atoms with van der Waals surface area (Å²) in [5.41, 5.74) is 7.65. The second-order valence-corrected chi connectivity index (χ2v) is 9.35. The topological polar surface area (TPSA) is 49.6 Å². The number of nitrogens with zero attached hydrogens (tertiary/aromatic N) is 6. The second-order valence-electron chi connectivity index (χ2n) is 9.35. The Balaban J connectivity index is 1.38. The van der Waals surface area contributed by atoms with E-state index in [9.17, 15) is 0 Å².